The van der Waals surface area contributed by atoms with Gasteiger partial charge in [0.15, 0.2) is 0 Å². The fraction of sp³-hybridized carbons (Fsp3) is 0.316. The zero-order chi connectivity index (χ0) is 17.1. The van der Waals surface area contributed by atoms with E-state index in [-0.39, 0.29) is 18.1 Å². The highest BCUT2D eigenvalue weighted by Crippen LogP contribution is 2.38. The topological polar surface area (TPSA) is 38.8 Å². The van der Waals surface area contributed by atoms with Gasteiger partial charge in [-0.1, -0.05) is 12.1 Å². The maximum Gasteiger partial charge on any atom is 0.231 e. The molecule has 2 aromatic carbocycles. The summed E-state index contributed by atoms with van der Waals surface area (Å²) >= 11 is 0. The van der Waals surface area contributed by atoms with E-state index in [4.69, 9.17) is 9.47 Å². The van der Waals surface area contributed by atoms with E-state index in [1.165, 1.54) is 12.1 Å². The molecule has 0 saturated carbocycles. The first-order valence-electron chi connectivity index (χ1n) is 7.92. The molecule has 1 amide bonds. The first-order chi connectivity index (χ1) is 11.6. The zero-order valence-electron chi connectivity index (χ0n) is 13.8. The lowest BCUT2D eigenvalue weighted by atomic mass is 9.99. The number of benzene rings is 2. The van der Waals surface area contributed by atoms with Crippen LogP contribution in [0.25, 0.3) is 0 Å². The Morgan fingerprint density at radius 3 is 2.58 bits per heavy atom. The lowest BCUT2D eigenvalue weighted by Crippen LogP contribution is -2.36. The Bertz CT molecular complexity index is 743. The van der Waals surface area contributed by atoms with E-state index in [1.54, 1.807) is 31.3 Å². The summed E-state index contributed by atoms with van der Waals surface area (Å²) in [6.07, 6.45) is 1.98. The molecule has 4 nitrogen and oxygen atoms in total. The summed E-state index contributed by atoms with van der Waals surface area (Å²) in [4.78, 5) is 14.5. The number of carbonyl (C=O) groups is 1. The van der Waals surface area contributed by atoms with Crippen molar-refractivity contribution in [2.75, 3.05) is 25.7 Å². The molecule has 3 rings (SSSR count). The Morgan fingerprint density at radius 1 is 1.17 bits per heavy atom. The second-order valence-corrected chi connectivity index (χ2v) is 5.78. The Morgan fingerprint density at radius 2 is 1.92 bits per heavy atom. The van der Waals surface area contributed by atoms with E-state index in [1.807, 2.05) is 12.1 Å². The van der Waals surface area contributed by atoms with Crippen LogP contribution in [0.5, 0.6) is 11.5 Å². The average Bonchev–Trinajstić information content (AvgIpc) is 2.62. The van der Waals surface area contributed by atoms with Gasteiger partial charge < -0.3 is 14.4 Å². The number of methoxy groups -OCH3 is 2. The molecule has 0 spiro atoms. The second kappa shape index (κ2) is 6.91. The highest BCUT2D eigenvalue weighted by molar-refractivity contribution is 5.96. The van der Waals surface area contributed by atoms with Gasteiger partial charge in [-0.15, -0.1) is 0 Å². The quantitative estimate of drug-likeness (QED) is 0.863. The predicted molar refractivity (Wildman–Crippen MR) is 90.3 cm³/mol. The largest absolute Gasteiger partial charge is 0.497 e. The molecular weight excluding hydrogens is 309 g/mol. The number of amides is 1. The summed E-state index contributed by atoms with van der Waals surface area (Å²) in [5.74, 6) is 1.08. The molecule has 1 heterocycles. The van der Waals surface area contributed by atoms with Gasteiger partial charge in [0, 0.05) is 24.2 Å². The van der Waals surface area contributed by atoms with Gasteiger partial charge in [-0.2, -0.15) is 0 Å². The van der Waals surface area contributed by atoms with Crippen molar-refractivity contribution in [3.05, 3.63) is 53.3 Å². The first kappa shape index (κ1) is 16.3. The van der Waals surface area contributed by atoms with Crippen LogP contribution in [0.4, 0.5) is 10.1 Å². The van der Waals surface area contributed by atoms with E-state index >= 15 is 0 Å². The maximum atomic E-state index is 13.0. The molecule has 126 valence electrons. The van der Waals surface area contributed by atoms with Gasteiger partial charge in [-0.25, -0.2) is 4.39 Å². The Kier molecular flexibility index (Phi) is 4.69. The van der Waals surface area contributed by atoms with Crippen LogP contribution in [0.15, 0.2) is 36.4 Å². The van der Waals surface area contributed by atoms with Gasteiger partial charge >= 0.3 is 0 Å². The van der Waals surface area contributed by atoms with E-state index in [0.29, 0.717) is 12.3 Å². The van der Waals surface area contributed by atoms with Gasteiger partial charge in [-0.05, 0) is 30.5 Å². The number of ether oxygens (including phenoxy) is 2. The summed E-state index contributed by atoms with van der Waals surface area (Å²) in [6.45, 7) is 0.656. The summed E-state index contributed by atoms with van der Waals surface area (Å²) < 4.78 is 23.8. The second-order valence-electron chi connectivity index (χ2n) is 5.78. The molecule has 1 aliphatic heterocycles. The monoisotopic (exact) mass is 329 g/mol. The maximum absolute atomic E-state index is 13.0. The number of halogens is 1. The third kappa shape index (κ3) is 3.20. The van der Waals surface area contributed by atoms with Crippen molar-refractivity contribution in [1.29, 1.82) is 0 Å². The van der Waals surface area contributed by atoms with E-state index in [9.17, 15) is 9.18 Å². The standard InChI is InChI=1S/C19H20FNO3/c1-23-15-11-17-16(18(12-15)24-2)4-3-9-21(17)19(22)10-13-5-7-14(20)8-6-13/h5-8,11-12H,3-4,9-10H2,1-2H3. The molecule has 0 bridgehead atoms. The number of nitrogens with zero attached hydrogens (tertiary/aromatic N) is 1. The lowest BCUT2D eigenvalue weighted by molar-refractivity contribution is -0.118. The van der Waals surface area contributed by atoms with Crippen LogP contribution < -0.4 is 14.4 Å². The normalized spacial score (nSPS) is 13.4. The Balaban J connectivity index is 1.90. The molecular formula is C19H20FNO3. The third-order valence-electron chi connectivity index (χ3n) is 4.28. The fourth-order valence-corrected chi connectivity index (χ4v) is 3.06. The van der Waals surface area contributed by atoms with E-state index in [2.05, 4.69) is 0 Å². The van der Waals surface area contributed by atoms with Gasteiger partial charge in [0.05, 0.1) is 26.3 Å². The Hall–Kier alpha value is -2.56. The van der Waals surface area contributed by atoms with Crippen molar-refractivity contribution in [2.45, 2.75) is 19.3 Å². The molecule has 2 aromatic rings. The first-order valence-corrected chi connectivity index (χ1v) is 7.92. The molecule has 24 heavy (non-hydrogen) atoms. The highest BCUT2D eigenvalue weighted by atomic mass is 19.1. The summed E-state index contributed by atoms with van der Waals surface area (Å²) in [5.41, 5.74) is 2.66. The minimum absolute atomic E-state index is 0.0159. The smallest absolute Gasteiger partial charge is 0.231 e. The summed E-state index contributed by atoms with van der Waals surface area (Å²) in [6, 6.07) is 9.75. The zero-order valence-corrected chi connectivity index (χ0v) is 13.8. The number of hydrogen-bond acceptors (Lipinski definition) is 3. The minimum Gasteiger partial charge on any atom is -0.497 e. The van der Waals surface area contributed by atoms with Crippen LogP contribution in [0.3, 0.4) is 0 Å². The lowest BCUT2D eigenvalue weighted by Gasteiger charge is -2.31. The van der Waals surface area contributed by atoms with Crippen molar-refractivity contribution in [3.63, 3.8) is 0 Å². The number of hydrogen-bond donors (Lipinski definition) is 0. The van der Waals surface area contributed by atoms with Crippen LogP contribution in [0, 0.1) is 5.82 Å². The summed E-state index contributed by atoms with van der Waals surface area (Å²) in [7, 11) is 3.21. The van der Waals surface area contributed by atoms with Crippen molar-refractivity contribution >= 4 is 11.6 Å². The van der Waals surface area contributed by atoms with Gasteiger partial charge in [0.25, 0.3) is 0 Å². The SMILES string of the molecule is COc1cc(OC)c2c(c1)N(C(=O)Cc1ccc(F)cc1)CCC2. The molecule has 0 atom stereocenters. The fourth-order valence-electron chi connectivity index (χ4n) is 3.06. The molecule has 0 fully saturated rings. The molecule has 0 N–H and O–H groups in total. The van der Waals surface area contributed by atoms with Crippen molar-refractivity contribution in [3.8, 4) is 11.5 Å². The number of fused-ring (bicyclic) bond motifs is 1. The van der Waals surface area contributed by atoms with Crippen molar-refractivity contribution in [2.24, 2.45) is 0 Å². The third-order valence-corrected chi connectivity index (χ3v) is 4.28. The van der Waals surface area contributed by atoms with Gasteiger partial charge in [0.1, 0.15) is 17.3 Å². The van der Waals surface area contributed by atoms with Gasteiger partial charge in [0.2, 0.25) is 5.91 Å². The number of carbonyl (C=O) groups excluding carboxylic acids is 1. The van der Waals surface area contributed by atoms with Crippen molar-refractivity contribution < 1.29 is 18.7 Å². The molecule has 0 unspecified atom stereocenters. The van der Waals surface area contributed by atoms with Crippen LogP contribution in [-0.2, 0) is 17.6 Å². The average molecular weight is 329 g/mol. The number of rotatable bonds is 4. The molecule has 0 radical (unpaired) electrons. The van der Waals surface area contributed by atoms with Crippen molar-refractivity contribution in [1.82, 2.24) is 0 Å². The minimum atomic E-state index is -0.302. The van der Waals surface area contributed by atoms with Crippen LogP contribution >= 0.6 is 0 Å². The van der Waals surface area contributed by atoms with E-state index in [0.717, 1.165) is 35.4 Å². The number of anilines is 1. The van der Waals surface area contributed by atoms with Crippen LogP contribution in [0.1, 0.15) is 17.5 Å². The predicted octanol–water partition coefficient (Wildman–Crippen LogP) is 3.36. The molecule has 1 aliphatic rings. The molecule has 0 aromatic heterocycles. The molecule has 0 saturated heterocycles. The summed E-state index contributed by atoms with van der Waals surface area (Å²) in [5, 5.41) is 0. The van der Waals surface area contributed by atoms with Crippen LogP contribution in [0.2, 0.25) is 0 Å². The van der Waals surface area contributed by atoms with E-state index < -0.39 is 0 Å². The van der Waals surface area contributed by atoms with Gasteiger partial charge in [-0.3, -0.25) is 4.79 Å². The highest BCUT2D eigenvalue weighted by Gasteiger charge is 2.26. The molecule has 5 heteroatoms. The Labute approximate surface area is 140 Å². The van der Waals surface area contributed by atoms with Crippen LogP contribution in [-0.4, -0.2) is 26.7 Å². The molecule has 0 aliphatic carbocycles.